The van der Waals surface area contributed by atoms with Crippen LogP contribution in [0.4, 0.5) is 11.5 Å². The fraction of sp³-hybridized carbons (Fsp3) is 0.750. The van der Waals surface area contributed by atoms with E-state index in [1.54, 1.807) is 14.0 Å². The summed E-state index contributed by atoms with van der Waals surface area (Å²) in [5.41, 5.74) is 0.592. The summed E-state index contributed by atoms with van der Waals surface area (Å²) < 4.78 is 1.52. The Bertz CT molecular complexity index is 429. The zero-order chi connectivity index (χ0) is 14.4. The Morgan fingerprint density at radius 3 is 2.79 bits per heavy atom. The van der Waals surface area contributed by atoms with Crippen molar-refractivity contribution in [2.45, 2.75) is 45.6 Å². The number of rotatable bonds is 8. The van der Waals surface area contributed by atoms with Gasteiger partial charge in [-0.1, -0.05) is 13.3 Å². The number of aliphatic hydroxyl groups is 1. The molecule has 1 atom stereocenters. The van der Waals surface area contributed by atoms with E-state index in [2.05, 4.69) is 10.4 Å². The normalized spacial score (nSPS) is 12.4. The lowest BCUT2D eigenvalue weighted by Gasteiger charge is -2.07. The number of aliphatic hydroxyl groups excluding tert-OH is 1. The minimum Gasteiger partial charge on any atom is -0.393 e. The van der Waals surface area contributed by atoms with Crippen LogP contribution < -0.4 is 5.32 Å². The van der Waals surface area contributed by atoms with Crippen molar-refractivity contribution in [1.29, 1.82) is 0 Å². The zero-order valence-electron chi connectivity index (χ0n) is 11.7. The van der Waals surface area contributed by atoms with Crippen LogP contribution in [0.3, 0.4) is 0 Å². The van der Waals surface area contributed by atoms with E-state index in [9.17, 15) is 10.1 Å². The molecule has 108 valence electrons. The molecule has 1 aromatic rings. The summed E-state index contributed by atoms with van der Waals surface area (Å²) in [7, 11) is 1.70. The molecule has 1 aromatic heterocycles. The smallest absolute Gasteiger partial charge is 0.333 e. The molecule has 7 heteroatoms. The van der Waals surface area contributed by atoms with Crippen LogP contribution in [0, 0.1) is 10.1 Å². The van der Waals surface area contributed by atoms with Crippen molar-refractivity contribution in [2.75, 3.05) is 11.9 Å². The number of aromatic nitrogens is 2. The van der Waals surface area contributed by atoms with Crippen molar-refractivity contribution in [2.24, 2.45) is 7.05 Å². The third kappa shape index (κ3) is 4.20. The molecule has 0 saturated heterocycles. The second kappa shape index (κ2) is 7.08. The fourth-order valence-electron chi connectivity index (χ4n) is 1.97. The van der Waals surface area contributed by atoms with Gasteiger partial charge in [-0.15, -0.1) is 0 Å². The molecule has 0 aromatic carbocycles. The molecule has 2 N–H and O–H groups in total. The Morgan fingerprint density at radius 1 is 1.58 bits per heavy atom. The maximum Gasteiger partial charge on any atom is 0.333 e. The maximum absolute atomic E-state index is 11.1. The van der Waals surface area contributed by atoms with Crippen LogP contribution >= 0.6 is 0 Å². The highest BCUT2D eigenvalue weighted by Gasteiger charge is 2.25. The van der Waals surface area contributed by atoms with Gasteiger partial charge in [-0.3, -0.25) is 10.1 Å². The Balaban J connectivity index is 2.78. The molecular weight excluding hydrogens is 248 g/mol. The van der Waals surface area contributed by atoms with E-state index in [0.29, 0.717) is 30.9 Å². The molecule has 1 rings (SSSR count). The first-order chi connectivity index (χ1) is 8.97. The summed E-state index contributed by atoms with van der Waals surface area (Å²) in [5, 5.41) is 27.6. The van der Waals surface area contributed by atoms with Gasteiger partial charge >= 0.3 is 5.69 Å². The molecule has 0 aliphatic heterocycles. The van der Waals surface area contributed by atoms with Crippen LogP contribution in [0.1, 0.15) is 38.8 Å². The Hall–Kier alpha value is -1.63. The van der Waals surface area contributed by atoms with E-state index >= 15 is 0 Å². The number of aryl methyl sites for hydroxylation is 2. The third-order valence-electron chi connectivity index (χ3n) is 2.85. The second-order valence-corrected chi connectivity index (χ2v) is 4.69. The highest BCUT2D eigenvalue weighted by atomic mass is 16.6. The summed E-state index contributed by atoms with van der Waals surface area (Å²) in [5.74, 6) is 0.444. The van der Waals surface area contributed by atoms with Crippen molar-refractivity contribution in [3.8, 4) is 0 Å². The van der Waals surface area contributed by atoms with E-state index in [1.165, 1.54) is 4.68 Å². The minimum absolute atomic E-state index is 0.0707. The molecular formula is C12H22N4O3. The van der Waals surface area contributed by atoms with Gasteiger partial charge in [0.15, 0.2) is 0 Å². The Morgan fingerprint density at radius 2 is 2.26 bits per heavy atom. The Labute approximate surface area is 112 Å². The topological polar surface area (TPSA) is 93.2 Å². The number of nitrogens with one attached hydrogen (secondary N) is 1. The highest BCUT2D eigenvalue weighted by Crippen LogP contribution is 2.28. The molecule has 1 unspecified atom stereocenters. The van der Waals surface area contributed by atoms with Crippen LogP contribution in [-0.2, 0) is 13.5 Å². The monoisotopic (exact) mass is 270 g/mol. The first-order valence-electron chi connectivity index (χ1n) is 6.59. The van der Waals surface area contributed by atoms with Crippen LogP contribution in [0.2, 0.25) is 0 Å². The van der Waals surface area contributed by atoms with Gasteiger partial charge in [0, 0.05) is 13.6 Å². The predicted octanol–water partition coefficient (Wildman–Crippen LogP) is 1.85. The van der Waals surface area contributed by atoms with Crippen LogP contribution in [-0.4, -0.2) is 32.5 Å². The standard InChI is InChI=1S/C12H22N4O3/c1-4-6-10-11(16(18)19)12(15(3)14-10)13-8-5-7-9(2)17/h9,13,17H,4-8H2,1-3H3. The zero-order valence-corrected chi connectivity index (χ0v) is 11.7. The average Bonchev–Trinajstić information content (AvgIpc) is 2.61. The number of hydrogen-bond acceptors (Lipinski definition) is 5. The van der Waals surface area contributed by atoms with E-state index in [0.717, 1.165) is 12.8 Å². The molecule has 1 heterocycles. The summed E-state index contributed by atoms with van der Waals surface area (Å²) in [4.78, 5) is 10.8. The highest BCUT2D eigenvalue weighted by molar-refractivity contribution is 5.59. The quantitative estimate of drug-likeness (QED) is 0.427. The van der Waals surface area contributed by atoms with Crippen molar-refractivity contribution < 1.29 is 10.0 Å². The number of nitrogens with zero attached hydrogens (tertiary/aromatic N) is 3. The van der Waals surface area contributed by atoms with Crippen molar-refractivity contribution in [3.05, 3.63) is 15.8 Å². The number of nitro groups is 1. The molecule has 0 aliphatic rings. The summed E-state index contributed by atoms with van der Waals surface area (Å²) in [6.07, 6.45) is 2.49. The molecule has 0 radical (unpaired) electrons. The van der Waals surface area contributed by atoms with Gasteiger partial charge in [0.25, 0.3) is 0 Å². The molecule has 0 bridgehead atoms. The third-order valence-corrected chi connectivity index (χ3v) is 2.85. The van der Waals surface area contributed by atoms with Crippen molar-refractivity contribution in [1.82, 2.24) is 9.78 Å². The van der Waals surface area contributed by atoms with Crippen molar-refractivity contribution >= 4 is 11.5 Å². The van der Waals surface area contributed by atoms with Gasteiger partial charge in [-0.05, 0) is 26.2 Å². The lowest BCUT2D eigenvalue weighted by Crippen LogP contribution is -2.10. The minimum atomic E-state index is -0.380. The molecule has 0 aliphatic carbocycles. The lowest BCUT2D eigenvalue weighted by molar-refractivity contribution is -0.384. The first kappa shape index (κ1) is 15.4. The van der Waals surface area contributed by atoms with E-state index in [1.807, 2.05) is 6.92 Å². The number of hydrogen-bond donors (Lipinski definition) is 2. The van der Waals surface area contributed by atoms with Gasteiger partial charge in [0.1, 0.15) is 5.69 Å². The summed E-state index contributed by atoms with van der Waals surface area (Å²) in [6.45, 7) is 4.27. The SMILES string of the molecule is CCCc1nn(C)c(NCCCC(C)O)c1[N+](=O)[O-]. The summed E-state index contributed by atoms with van der Waals surface area (Å²) >= 11 is 0. The fourth-order valence-corrected chi connectivity index (χ4v) is 1.97. The maximum atomic E-state index is 11.1. The number of anilines is 1. The Kier molecular flexibility index (Phi) is 5.75. The predicted molar refractivity (Wildman–Crippen MR) is 73.3 cm³/mol. The van der Waals surface area contributed by atoms with E-state index in [-0.39, 0.29) is 16.7 Å². The molecule has 0 amide bonds. The summed E-state index contributed by atoms with van der Waals surface area (Å²) in [6, 6.07) is 0. The van der Waals surface area contributed by atoms with Crippen LogP contribution in [0.25, 0.3) is 0 Å². The van der Waals surface area contributed by atoms with E-state index in [4.69, 9.17) is 5.11 Å². The van der Waals surface area contributed by atoms with Crippen LogP contribution in [0.15, 0.2) is 0 Å². The lowest BCUT2D eigenvalue weighted by atomic mass is 10.2. The largest absolute Gasteiger partial charge is 0.393 e. The first-order valence-corrected chi connectivity index (χ1v) is 6.59. The molecule has 0 fully saturated rings. The van der Waals surface area contributed by atoms with E-state index < -0.39 is 0 Å². The van der Waals surface area contributed by atoms with Gasteiger partial charge in [-0.2, -0.15) is 5.10 Å². The molecule has 0 saturated carbocycles. The van der Waals surface area contributed by atoms with Crippen LogP contribution in [0.5, 0.6) is 0 Å². The molecule has 7 nitrogen and oxygen atoms in total. The van der Waals surface area contributed by atoms with Crippen molar-refractivity contribution in [3.63, 3.8) is 0 Å². The van der Waals surface area contributed by atoms with Gasteiger partial charge in [-0.25, -0.2) is 4.68 Å². The van der Waals surface area contributed by atoms with Gasteiger partial charge in [0.05, 0.1) is 11.0 Å². The molecule has 19 heavy (non-hydrogen) atoms. The van der Waals surface area contributed by atoms with Gasteiger partial charge in [0.2, 0.25) is 5.82 Å². The molecule has 0 spiro atoms. The van der Waals surface area contributed by atoms with Gasteiger partial charge < -0.3 is 10.4 Å². The average molecular weight is 270 g/mol. The second-order valence-electron chi connectivity index (χ2n) is 4.69.